The second-order valence-corrected chi connectivity index (χ2v) is 4.37. The summed E-state index contributed by atoms with van der Waals surface area (Å²) in [5, 5.41) is 12.2. The number of hydrogen-bond acceptors (Lipinski definition) is 2. The van der Waals surface area contributed by atoms with Gasteiger partial charge in [-0.15, -0.1) is 0 Å². The van der Waals surface area contributed by atoms with Gasteiger partial charge in [0.05, 0.1) is 5.92 Å². The van der Waals surface area contributed by atoms with E-state index in [9.17, 15) is 9.18 Å². The van der Waals surface area contributed by atoms with Gasteiger partial charge in [0.15, 0.2) is 0 Å². The van der Waals surface area contributed by atoms with Crippen molar-refractivity contribution in [3.63, 3.8) is 0 Å². The normalized spacial score (nSPS) is 24.6. The molecule has 1 aliphatic rings. The molecule has 5 heteroatoms. The molecule has 86 valence electrons. The van der Waals surface area contributed by atoms with Crippen LogP contribution in [0.1, 0.15) is 18.0 Å². The van der Waals surface area contributed by atoms with Crippen LogP contribution in [0.25, 0.3) is 0 Å². The van der Waals surface area contributed by atoms with E-state index in [1.54, 1.807) is 6.07 Å². The molecule has 1 aliphatic heterocycles. The summed E-state index contributed by atoms with van der Waals surface area (Å²) >= 11 is 5.74. The van der Waals surface area contributed by atoms with Gasteiger partial charge in [-0.25, -0.2) is 4.39 Å². The Morgan fingerprint density at radius 2 is 2.25 bits per heavy atom. The molecule has 0 amide bonds. The van der Waals surface area contributed by atoms with Gasteiger partial charge in [0.25, 0.3) is 0 Å². The van der Waals surface area contributed by atoms with Crippen LogP contribution >= 0.6 is 11.6 Å². The van der Waals surface area contributed by atoms with Gasteiger partial charge < -0.3 is 10.4 Å². The van der Waals surface area contributed by atoms with E-state index in [0.717, 1.165) is 0 Å². The zero-order valence-electron chi connectivity index (χ0n) is 8.41. The molecule has 1 aromatic carbocycles. The predicted octanol–water partition coefficient (Wildman–Crippen LogP) is 2.21. The van der Waals surface area contributed by atoms with E-state index in [2.05, 4.69) is 5.32 Å². The highest BCUT2D eigenvalue weighted by Gasteiger charge is 2.30. The Bertz CT molecular complexity index is 404. The van der Waals surface area contributed by atoms with Gasteiger partial charge in [-0.3, -0.25) is 4.79 Å². The van der Waals surface area contributed by atoms with Crippen LogP contribution in [-0.4, -0.2) is 17.6 Å². The first kappa shape index (κ1) is 11.4. The number of hydrogen-bond donors (Lipinski definition) is 2. The standard InChI is InChI=1S/C11H11ClFNO2/c12-8-1-6(2-9(13)4-8)10-3-7(5-14-10)11(15)16/h1-2,4,7,10,14H,3,5H2,(H,15,16). The zero-order chi connectivity index (χ0) is 11.7. The molecule has 0 saturated carbocycles. The molecule has 0 spiro atoms. The maximum absolute atomic E-state index is 13.1. The van der Waals surface area contributed by atoms with Crippen molar-refractivity contribution in [2.24, 2.45) is 5.92 Å². The number of aliphatic carboxylic acids is 1. The van der Waals surface area contributed by atoms with Crippen LogP contribution in [0.15, 0.2) is 18.2 Å². The maximum Gasteiger partial charge on any atom is 0.307 e. The molecular weight excluding hydrogens is 233 g/mol. The summed E-state index contributed by atoms with van der Waals surface area (Å²) in [5.41, 5.74) is 0.703. The third-order valence-corrected chi connectivity index (χ3v) is 2.99. The quantitative estimate of drug-likeness (QED) is 0.837. The monoisotopic (exact) mass is 243 g/mol. The fourth-order valence-electron chi connectivity index (χ4n) is 1.95. The molecular formula is C11H11ClFNO2. The van der Waals surface area contributed by atoms with Crippen LogP contribution in [0.3, 0.4) is 0 Å². The molecule has 0 aliphatic carbocycles. The number of halogens is 2. The van der Waals surface area contributed by atoms with E-state index in [0.29, 0.717) is 23.6 Å². The second-order valence-electron chi connectivity index (χ2n) is 3.93. The van der Waals surface area contributed by atoms with E-state index in [1.807, 2.05) is 0 Å². The lowest BCUT2D eigenvalue weighted by Crippen LogP contribution is -2.17. The molecule has 2 atom stereocenters. The molecule has 1 saturated heterocycles. The van der Waals surface area contributed by atoms with Gasteiger partial charge in [0.1, 0.15) is 5.82 Å². The molecule has 16 heavy (non-hydrogen) atoms. The fourth-order valence-corrected chi connectivity index (χ4v) is 2.18. The number of carboxylic acids is 1. The van der Waals surface area contributed by atoms with Crippen molar-refractivity contribution >= 4 is 17.6 Å². The van der Waals surface area contributed by atoms with E-state index >= 15 is 0 Å². The number of benzene rings is 1. The average molecular weight is 244 g/mol. The van der Waals surface area contributed by atoms with Crippen LogP contribution in [-0.2, 0) is 4.79 Å². The summed E-state index contributed by atoms with van der Waals surface area (Å²) in [6.07, 6.45) is 0.467. The topological polar surface area (TPSA) is 49.3 Å². The van der Waals surface area contributed by atoms with Gasteiger partial charge in [-0.2, -0.15) is 0 Å². The molecule has 1 fully saturated rings. The largest absolute Gasteiger partial charge is 0.481 e. The third kappa shape index (κ3) is 2.33. The second kappa shape index (κ2) is 4.39. The minimum atomic E-state index is -0.822. The van der Waals surface area contributed by atoms with E-state index < -0.39 is 17.7 Å². The van der Waals surface area contributed by atoms with Crippen LogP contribution in [0, 0.1) is 11.7 Å². The average Bonchev–Trinajstić information content (AvgIpc) is 2.64. The first-order valence-electron chi connectivity index (χ1n) is 4.98. The summed E-state index contributed by atoms with van der Waals surface area (Å²) in [6.45, 7) is 0.411. The molecule has 0 bridgehead atoms. The molecule has 2 unspecified atom stereocenters. The first-order chi connectivity index (χ1) is 7.56. The van der Waals surface area contributed by atoms with Crippen molar-refractivity contribution in [2.45, 2.75) is 12.5 Å². The molecule has 3 nitrogen and oxygen atoms in total. The molecule has 1 heterocycles. The third-order valence-electron chi connectivity index (χ3n) is 2.77. The van der Waals surface area contributed by atoms with Crippen molar-refractivity contribution in [1.29, 1.82) is 0 Å². The minimum Gasteiger partial charge on any atom is -0.481 e. The Labute approximate surface area is 97.2 Å². The number of carboxylic acid groups (broad SMARTS) is 1. The predicted molar refractivity (Wildman–Crippen MR) is 57.9 cm³/mol. The number of nitrogens with one attached hydrogen (secondary N) is 1. The van der Waals surface area contributed by atoms with Crippen LogP contribution in [0.2, 0.25) is 5.02 Å². The van der Waals surface area contributed by atoms with Crippen molar-refractivity contribution in [3.8, 4) is 0 Å². The molecule has 0 aromatic heterocycles. The lowest BCUT2D eigenvalue weighted by Gasteiger charge is -2.10. The Kier molecular flexibility index (Phi) is 3.12. The molecule has 2 N–H and O–H groups in total. The van der Waals surface area contributed by atoms with Crippen LogP contribution in [0.5, 0.6) is 0 Å². The van der Waals surface area contributed by atoms with E-state index in [1.165, 1.54) is 12.1 Å². The highest BCUT2D eigenvalue weighted by molar-refractivity contribution is 6.30. The lowest BCUT2D eigenvalue weighted by molar-refractivity contribution is -0.141. The van der Waals surface area contributed by atoms with Gasteiger partial charge in [-0.05, 0) is 30.2 Å². The first-order valence-corrected chi connectivity index (χ1v) is 5.36. The number of carbonyl (C=O) groups is 1. The Morgan fingerprint density at radius 1 is 1.50 bits per heavy atom. The summed E-state index contributed by atoms with van der Waals surface area (Å²) in [5.74, 6) is -1.63. The molecule has 1 aromatic rings. The Hall–Kier alpha value is -1.13. The van der Waals surface area contributed by atoms with Crippen molar-refractivity contribution in [1.82, 2.24) is 5.32 Å². The highest BCUT2D eigenvalue weighted by Crippen LogP contribution is 2.29. The highest BCUT2D eigenvalue weighted by atomic mass is 35.5. The summed E-state index contributed by atoms with van der Waals surface area (Å²) < 4.78 is 13.1. The van der Waals surface area contributed by atoms with Crippen molar-refractivity contribution < 1.29 is 14.3 Å². The summed E-state index contributed by atoms with van der Waals surface area (Å²) in [7, 11) is 0. The summed E-state index contributed by atoms with van der Waals surface area (Å²) in [4.78, 5) is 10.8. The van der Waals surface area contributed by atoms with Crippen molar-refractivity contribution in [2.75, 3.05) is 6.54 Å². The Balaban J connectivity index is 2.17. The van der Waals surface area contributed by atoms with Crippen molar-refractivity contribution in [3.05, 3.63) is 34.6 Å². The minimum absolute atomic E-state index is 0.130. The SMILES string of the molecule is O=C(O)C1CNC(c2cc(F)cc(Cl)c2)C1. The van der Waals surface area contributed by atoms with Gasteiger partial charge >= 0.3 is 5.97 Å². The van der Waals surface area contributed by atoms with Crippen LogP contribution < -0.4 is 5.32 Å². The number of rotatable bonds is 2. The zero-order valence-corrected chi connectivity index (χ0v) is 9.17. The van der Waals surface area contributed by atoms with Crippen LogP contribution in [0.4, 0.5) is 4.39 Å². The van der Waals surface area contributed by atoms with Gasteiger partial charge in [0, 0.05) is 17.6 Å². The van der Waals surface area contributed by atoms with E-state index in [-0.39, 0.29) is 6.04 Å². The van der Waals surface area contributed by atoms with E-state index in [4.69, 9.17) is 16.7 Å². The molecule has 2 rings (SSSR count). The van der Waals surface area contributed by atoms with Gasteiger partial charge in [-0.1, -0.05) is 11.6 Å². The maximum atomic E-state index is 13.1. The molecule has 0 radical (unpaired) electrons. The fraction of sp³-hybridized carbons (Fsp3) is 0.364. The van der Waals surface area contributed by atoms with Gasteiger partial charge in [0.2, 0.25) is 0 Å². The summed E-state index contributed by atoms with van der Waals surface area (Å²) in [6, 6.07) is 4.14. The smallest absolute Gasteiger partial charge is 0.307 e. The Morgan fingerprint density at radius 3 is 2.81 bits per heavy atom. The lowest BCUT2D eigenvalue weighted by atomic mass is 10.0.